The van der Waals surface area contributed by atoms with Gasteiger partial charge in [0.05, 0.1) is 0 Å². The zero-order valence-corrected chi connectivity index (χ0v) is 9.19. The number of hydrogen-bond donors (Lipinski definition) is 1. The molecule has 3 heteroatoms. The average molecular weight is 213 g/mol. The maximum absolute atomic E-state index is 13.2. The molecule has 0 fully saturated rings. The molecule has 15 heavy (non-hydrogen) atoms. The van der Waals surface area contributed by atoms with E-state index in [1.54, 1.807) is 0 Å². The third kappa shape index (κ3) is 4.38. The van der Waals surface area contributed by atoms with E-state index in [9.17, 15) is 8.78 Å². The predicted molar refractivity (Wildman–Crippen MR) is 57.6 cm³/mol. The second kappa shape index (κ2) is 4.71. The van der Waals surface area contributed by atoms with E-state index in [2.05, 4.69) is 0 Å². The lowest BCUT2D eigenvalue weighted by molar-refractivity contribution is 0.455. The first kappa shape index (κ1) is 12.1. The first-order chi connectivity index (χ1) is 6.88. The van der Waals surface area contributed by atoms with Crippen molar-refractivity contribution >= 4 is 0 Å². The van der Waals surface area contributed by atoms with Crippen LogP contribution in [0.15, 0.2) is 18.2 Å². The van der Waals surface area contributed by atoms with E-state index in [0.717, 1.165) is 18.9 Å². The molecule has 1 nitrogen and oxygen atoms in total. The number of benzene rings is 1. The highest BCUT2D eigenvalue weighted by atomic mass is 19.1. The van der Waals surface area contributed by atoms with E-state index in [4.69, 9.17) is 5.73 Å². The zero-order valence-electron chi connectivity index (χ0n) is 9.19. The smallest absolute Gasteiger partial charge is 0.129 e. The lowest BCUT2D eigenvalue weighted by Gasteiger charge is -2.17. The molecule has 0 bridgehead atoms. The Balaban J connectivity index is 2.51. The standard InChI is InChI=1S/C12H17F2N/c1-12(2,15)7-3-4-9-5-6-10(13)8-11(9)14/h5-6,8H,3-4,7,15H2,1-2H3. The van der Waals surface area contributed by atoms with Crippen molar-refractivity contribution in [3.8, 4) is 0 Å². The van der Waals surface area contributed by atoms with Gasteiger partial charge < -0.3 is 5.73 Å². The van der Waals surface area contributed by atoms with Crippen LogP contribution in [0, 0.1) is 11.6 Å². The molecule has 0 aliphatic rings. The highest BCUT2D eigenvalue weighted by Gasteiger charge is 2.11. The van der Waals surface area contributed by atoms with Crippen molar-refractivity contribution in [2.24, 2.45) is 5.73 Å². The normalized spacial score (nSPS) is 11.8. The molecule has 2 N–H and O–H groups in total. The molecule has 0 atom stereocenters. The molecule has 1 rings (SSSR count). The fraction of sp³-hybridized carbons (Fsp3) is 0.500. The quantitative estimate of drug-likeness (QED) is 0.817. The number of rotatable bonds is 4. The van der Waals surface area contributed by atoms with Crippen molar-refractivity contribution in [2.45, 2.75) is 38.6 Å². The largest absolute Gasteiger partial charge is 0.326 e. The van der Waals surface area contributed by atoms with Gasteiger partial charge in [0.1, 0.15) is 11.6 Å². The first-order valence-corrected chi connectivity index (χ1v) is 5.11. The summed E-state index contributed by atoms with van der Waals surface area (Å²) < 4.78 is 25.8. The van der Waals surface area contributed by atoms with Gasteiger partial charge in [-0.3, -0.25) is 0 Å². The van der Waals surface area contributed by atoms with Crippen molar-refractivity contribution in [2.75, 3.05) is 0 Å². The zero-order chi connectivity index (χ0) is 11.5. The molecule has 1 aromatic carbocycles. The molecule has 0 aromatic heterocycles. The van der Waals surface area contributed by atoms with E-state index in [0.29, 0.717) is 12.0 Å². The summed E-state index contributed by atoms with van der Waals surface area (Å²) in [6.07, 6.45) is 2.24. The Morgan fingerprint density at radius 2 is 1.93 bits per heavy atom. The molecular weight excluding hydrogens is 196 g/mol. The highest BCUT2D eigenvalue weighted by Crippen LogP contribution is 2.15. The Kier molecular flexibility index (Phi) is 3.80. The van der Waals surface area contributed by atoms with Crippen molar-refractivity contribution in [3.63, 3.8) is 0 Å². The monoisotopic (exact) mass is 213 g/mol. The van der Waals surface area contributed by atoms with E-state index in [-0.39, 0.29) is 5.54 Å². The van der Waals surface area contributed by atoms with Crippen molar-refractivity contribution in [1.82, 2.24) is 0 Å². The van der Waals surface area contributed by atoms with Gasteiger partial charge in [0.15, 0.2) is 0 Å². The van der Waals surface area contributed by atoms with Gasteiger partial charge in [0.25, 0.3) is 0 Å². The molecule has 0 amide bonds. The van der Waals surface area contributed by atoms with Crippen molar-refractivity contribution in [3.05, 3.63) is 35.4 Å². The minimum absolute atomic E-state index is 0.226. The number of hydrogen-bond acceptors (Lipinski definition) is 1. The number of nitrogens with two attached hydrogens (primary N) is 1. The van der Waals surface area contributed by atoms with Gasteiger partial charge in [-0.25, -0.2) is 8.78 Å². The Bertz CT molecular complexity index is 329. The van der Waals surface area contributed by atoms with Crippen LogP contribution in [-0.4, -0.2) is 5.54 Å². The van der Waals surface area contributed by atoms with Crippen LogP contribution in [-0.2, 0) is 6.42 Å². The van der Waals surface area contributed by atoms with Gasteiger partial charge >= 0.3 is 0 Å². The minimum atomic E-state index is -0.532. The van der Waals surface area contributed by atoms with Crippen LogP contribution in [0.3, 0.4) is 0 Å². The highest BCUT2D eigenvalue weighted by molar-refractivity contribution is 5.18. The summed E-state index contributed by atoms with van der Waals surface area (Å²) >= 11 is 0. The SMILES string of the molecule is CC(C)(N)CCCc1ccc(F)cc1F. The van der Waals surface area contributed by atoms with Crippen LogP contribution < -0.4 is 5.73 Å². The molecule has 0 heterocycles. The Labute approximate surface area is 89.3 Å². The summed E-state index contributed by atoms with van der Waals surface area (Å²) in [6, 6.07) is 3.70. The third-order valence-corrected chi connectivity index (χ3v) is 2.28. The molecular formula is C12H17F2N. The molecule has 0 spiro atoms. The van der Waals surface area contributed by atoms with Crippen molar-refractivity contribution < 1.29 is 8.78 Å². The average Bonchev–Trinajstić information content (AvgIpc) is 2.07. The Hall–Kier alpha value is -0.960. The number of halogens is 2. The topological polar surface area (TPSA) is 26.0 Å². The first-order valence-electron chi connectivity index (χ1n) is 5.11. The van der Waals surface area contributed by atoms with Crippen LogP contribution in [0.4, 0.5) is 8.78 Å². The summed E-state index contributed by atoms with van der Waals surface area (Å²) in [7, 11) is 0. The van der Waals surface area contributed by atoms with Gasteiger partial charge in [-0.1, -0.05) is 6.07 Å². The fourth-order valence-electron chi connectivity index (χ4n) is 1.46. The van der Waals surface area contributed by atoms with Gasteiger partial charge in [0, 0.05) is 11.6 Å². The van der Waals surface area contributed by atoms with E-state index in [1.807, 2.05) is 13.8 Å². The maximum atomic E-state index is 13.2. The van der Waals surface area contributed by atoms with E-state index >= 15 is 0 Å². The van der Waals surface area contributed by atoms with Crippen LogP contribution >= 0.6 is 0 Å². The van der Waals surface area contributed by atoms with Gasteiger partial charge in [0.2, 0.25) is 0 Å². The molecule has 0 unspecified atom stereocenters. The molecule has 0 saturated carbocycles. The molecule has 0 saturated heterocycles. The lowest BCUT2D eigenvalue weighted by atomic mass is 9.97. The summed E-state index contributed by atoms with van der Waals surface area (Å²) in [4.78, 5) is 0. The van der Waals surface area contributed by atoms with Crippen LogP contribution in [0.2, 0.25) is 0 Å². The van der Waals surface area contributed by atoms with Crippen LogP contribution in [0.5, 0.6) is 0 Å². The molecule has 1 aromatic rings. The van der Waals surface area contributed by atoms with E-state index < -0.39 is 11.6 Å². The summed E-state index contributed by atoms with van der Waals surface area (Å²) in [6.45, 7) is 3.88. The maximum Gasteiger partial charge on any atom is 0.129 e. The second-order valence-electron chi connectivity index (χ2n) is 4.58. The molecule has 0 aliphatic heterocycles. The molecule has 84 valence electrons. The van der Waals surface area contributed by atoms with E-state index in [1.165, 1.54) is 12.1 Å². The predicted octanol–water partition coefficient (Wildman–Crippen LogP) is 3.02. The van der Waals surface area contributed by atoms with Crippen LogP contribution in [0.1, 0.15) is 32.3 Å². The summed E-state index contributed by atoms with van der Waals surface area (Å²) in [5.74, 6) is -1.000. The lowest BCUT2D eigenvalue weighted by Crippen LogP contribution is -2.31. The van der Waals surface area contributed by atoms with Crippen LogP contribution in [0.25, 0.3) is 0 Å². The number of aryl methyl sites for hydroxylation is 1. The van der Waals surface area contributed by atoms with Gasteiger partial charge in [-0.15, -0.1) is 0 Å². The molecule has 0 aliphatic carbocycles. The third-order valence-electron chi connectivity index (χ3n) is 2.28. The summed E-state index contributed by atoms with van der Waals surface area (Å²) in [5.41, 5.74) is 6.14. The second-order valence-corrected chi connectivity index (χ2v) is 4.58. The molecule has 0 radical (unpaired) electrons. The van der Waals surface area contributed by atoms with Gasteiger partial charge in [-0.05, 0) is 44.7 Å². The Morgan fingerprint density at radius 3 is 2.47 bits per heavy atom. The van der Waals surface area contributed by atoms with Gasteiger partial charge in [-0.2, -0.15) is 0 Å². The summed E-state index contributed by atoms with van der Waals surface area (Å²) in [5, 5.41) is 0. The Morgan fingerprint density at radius 1 is 1.27 bits per heavy atom. The van der Waals surface area contributed by atoms with Crippen molar-refractivity contribution in [1.29, 1.82) is 0 Å². The minimum Gasteiger partial charge on any atom is -0.326 e. The fourth-order valence-corrected chi connectivity index (χ4v) is 1.46.